The first-order valence-corrected chi connectivity index (χ1v) is 5.89. The predicted molar refractivity (Wildman–Crippen MR) is 69.6 cm³/mol. The zero-order valence-electron chi connectivity index (χ0n) is 11.3. The quantitative estimate of drug-likeness (QED) is 0.770. The van der Waals surface area contributed by atoms with E-state index >= 15 is 0 Å². The molecular weight excluding hydrogens is 234 g/mol. The standard InChI is InChI=1S/C13H21NO4/c1-5-18-13-6-9(10(15)8-14-2)11(16-3)7-12(13)17-4/h6-7,10,14-15H,5,8H2,1-4H3. The highest BCUT2D eigenvalue weighted by Crippen LogP contribution is 2.37. The molecule has 102 valence electrons. The van der Waals surface area contributed by atoms with E-state index in [0.717, 1.165) is 0 Å². The van der Waals surface area contributed by atoms with Crippen LogP contribution >= 0.6 is 0 Å². The molecule has 1 aromatic rings. The van der Waals surface area contributed by atoms with Crippen LogP contribution in [0.5, 0.6) is 17.2 Å². The van der Waals surface area contributed by atoms with E-state index in [1.54, 1.807) is 33.4 Å². The number of aliphatic hydroxyl groups is 1. The van der Waals surface area contributed by atoms with Crippen LogP contribution < -0.4 is 19.5 Å². The van der Waals surface area contributed by atoms with Gasteiger partial charge in [-0.3, -0.25) is 0 Å². The Balaban J connectivity index is 3.17. The molecule has 1 atom stereocenters. The average Bonchev–Trinajstić information content (AvgIpc) is 2.38. The summed E-state index contributed by atoms with van der Waals surface area (Å²) >= 11 is 0. The molecule has 0 saturated heterocycles. The number of hydrogen-bond acceptors (Lipinski definition) is 5. The van der Waals surface area contributed by atoms with Gasteiger partial charge in [0.15, 0.2) is 11.5 Å². The molecule has 1 unspecified atom stereocenters. The number of nitrogens with one attached hydrogen (secondary N) is 1. The third-order valence-corrected chi connectivity index (χ3v) is 2.57. The molecule has 0 aliphatic carbocycles. The van der Waals surface area contributed by atoms with Crippen molar-refractivity contribution in [3.63, 3.8) is 0 Å². The first kappa shape index (κ1) is 14.6. The van der Waals surface area contributed by atoms with Crippen molar-refractivity contribution in [2.24, 2.45) is 0 Å². The molecule has 1 aromatic carbocycles. The minimum absolute atomic E-state index is 0.439. The summed E-state index contributed by atoms with van der Waals surface area (Å²) in [6, 6.07) is 3.47. The van der Waals surface area contributed by atoms with Crippen molar-refractivity contribution < 1.29 is 19.3 Å². The summed E-state index contributed by atoms with van der Waals surface area (Å²) in [5, 5.41) is 13.0. The molecule has 5 heteroatoms. The summed E-state index contributed by atoms with van der Waals surface area (Å²) in [4.78, 5) is 0. The van der Waals surface area contributed by atoms with Crippen LogP contribution in [0.2, 0.25) is 0 Å². The molecule has 18 heavy (non-hydrogen) atoms. The van der Waals surface area contributed by atoms with Crippen molar-refractivity contribution in [3.05, 3.63) is 17.7 Å². The summed E-state index contributed by atoms with van der Waals surface area (Å²) in [7, 11) is 4.91. The van der Waals surface area contributed by atoms with Crippen LogP contribution in [0.3, 0.4) is 0 Å². The van der Waals surface area contributed by atoms with Gasteiger partial charge in [-0.2, -0.15) is 0 Å². The maximum atomic E-state index is 10.0. The summed E-state index contributed by atoms with van der Waals surface area (Å²) in [5.41, 5.74) is 0.677. The highest BCUT2D eigenvalue weighted by molar-refractivity contribution is 5.51. The number of benzene rings is 1. The Hall–Kier alpha value is -1.46. The normalized spacial score (nSPS) is 12.1. The number of rotatable bonds is 7. The minimum atomic E-state index is -0.657. The monoisotopic (exact) mass is 255 g/mol. The van der Waals surface area contributed by atoms with E-state index in [2.05, 4.69) is 5.32 Å². The summed E-state index contributed by atoms with van der Waals surface area (Å²) in [6.07, 6.45) is -0.657. The summed E-state index contributed by atoms with van der Waals surface area (Å²) in [5.74, 6) is 1.78. The molecule has 0 spiro atoms. The van der Waals surface area contributed by atoms with Crippen molar-refractivity contribution in [1.29, 1.82) is 0 Å². The fourth-order valence-corrected chi connectivity index (χ4v) is 1.73. The van der Waals surface area contributed by atoms with Gasteiger partial charge in [0.05, 0.1) is 26.9 Å². The van der Waals surface area contributed by atoms with E-state index in [0.29, 0.717) is 36.0 Å². The Kier molecular flexibility index (Phi) is 5.74. The van der Waals surface area contributed by atoms with Gasteiger partial charge < -0.3 is 24.6 Å². The van der Waals surface area contributed by atoms with Crippen LogP contribution in [0.15, 0.2) is 12.1 Å². The van der Waals surface area contributed by atoms with Crippen molar-refractivity contribution in [2.45, 2.75) is 13.0 Å². The van der Waals surface area contributed by atoms with Gasteiger partial charge in [-0.25, -0.2) is 0 Å². The van der Waals surface area contributed by atoms with Crippen LogP contribution in [0.25, 0.3) is 0 Å². The first-order valence-electron chi connectivity index (χ1n) is 5.89. The molecule has 2 N–H and O–H groups in total. The molecule has 0 aliphatic heterocycles. The lowest BCUT2D eigenvalue weighted by Crippen LogP contribution is -2.17. The second kappa shape index (κ2) is 7.08. The maximum Gasteiger partial charge on any atom is 0.164 e. The van der Waals surface area contributed by atoms with Gasteiger partial charge in [-0.15, -0.1) is 0 Å². The molecule has 0 heterocycles. The van der Waals surface area contributed by atoms with Crippen LogP contribution in [0, 0.1) is 0 Å². The maximum absolute atomic E-state index is 10.0. The SMILES string of the molecule is CCOc1cc(C(O)CNC)c(OC)cc1OC. The second-order valence-corrected chi connectivity index (χ2v) is 3.75. The van der Waals surface area contributed by atoms with Crippen LogP contribution in [0.4, 0.5) is 0 Å². The van der Waals surface area contributed by atoms with E-state index in [1.165, 1.54) is 0 Å². The fourth-order valence-electron chi connectivity index (χ4n) is 1.73. The largest absolute Gasteiger partial charge is 0.496 e. The third kappa shape index (κ3) is 3.27. The molecule has 5 nitrogen and oxygen atoms in total. The van der Waals surface area contributed by atoms with Gasteiger partial charge in [0.25, 0.3) is 0 Å². The number of ether oxygens (including phenoxy) is 3. The molecule has 0 aliphatic rings. The highest BCUT2D eigenvalue weighted by atomic mass is 16.5. The lowest BCUT2D eigenvalue weighted by Gasteiger charge is -2.18. The van der Waals surface area contributed by atoms with Crippen molar-refractivity contribution in [3.8, 4) is 17.2 Å². The Morgan fingerprint density at radius 3 is 2.33 bits per heavy atom. The van der Waals surface area contributed by atoms with Crippen LogP contribution in [-0.4, -0.2) is 39.5 Å². The molecule has 0 saturated carbocycles. The van der Waals surface area contributed by atoms with Gasteiger partial charge in [-0.1, -0.05) is 0 Å². The van der Waals surface area contributed by atoms with Gasteiger partial charge in [0.2, 0.25) is 0 Å². The molecule has 0 amide bonds. The fraction of sp³-hybridized carbons (Fsp3) is 0.538. The van der Waals surface area contributed by atoms with Crippen molar-refractivity contribution in [2.75, 3.05) is 34.4 Å². The molecule has 0 radical (unpaired) electrons. The first-order chi connectivity index (χ1) is 8.67. The molecule has 0 bridgehead atoms. The molecule has 0 fully saturated rings. The van der Waals surface area contributed by atoms with E-state index in [1.807, 2.05) is 6.92 Å². The summed E-state index contributed by atoms with van der Waals surface area (Å²) < 4.78 is 16.0. The topological polar surface area (TPSA) is 60.0 Å². The van der Waals surface area contributed by atoms with E-state index in [4.69, 9.17) is 14.2 Å². The lowest BCUT2D eigenvalue weighted by atomic mass is 10.1. The number of aliphatic hydroxyl groups excluding tert-OH is 1. The van der Waals surface area contributed by atoms with Crippen LogP contribution in [-0.2, 0) is 0 Å². The Morgan fingerprint density at radius 1 is 1.17 bits per heavy atom. The average molecular weight is 255 g/mol. The third-order valence-electron chi connectivity index (χ3n) is 2.57. The summed E-state index contributed by atoms with van der Waals surface area (Å²) in [6.45, 7) is 2.87. The van der Waals surface area contributed by atoms with E-state index < -0.39 is 6.10 Å². The molecular formula is C13H21NO4. The number of hydrogen-bond donors (Lipinski definition) is 2. The lowest BCUT2D eigenvalue weighted by molar-refractivity contribution is 0.172. The van der Waals surface area contributed by atoms with Crippen molar-refractivity contribution in [1.82, 2.24) is 5.32 Å². The number of likely N-dealkylation sites (N-methyl/N-ethyl adjacent to an activating group) is 1. The smallest absolute Gasteiger partial charge is 0.164 e. The van der Waals surface area contributed by atoms with Gasteiger partial charge in [0.1, 0.15) is 5.75 Å². The Morgan fingerprint density at radius 2 is 1.83 bits per heavy atom. The molecule has 0 aromatic heterocycles. The van der Waals surface area contributed by atoms with E-state index in [-0.39, 0.29) is 0 Å². The highest BCUT2D eigenvalue weighted by Gasteiger charge is 2.17. The van der Waals surface area contributed by atoms with Gasteiger partial charge in [-0.05, 0) is 20.0 Å². The number of methoxy groups -OCH3 is 2. The van der Waals surface area contributed by atoms with Gasteiger partial charge >= 0.3 is 0 Å². The minimum Gasteiger partial charge on any atom is -0.496 e. The van der Waals surface area contributed by atoms with Gasteiger partial charge in [0, 0.05) is 18.2 Å². The predicted octanol–water partition coefficient (Wildman–Crippen LogP) is 1.36. The van der Waals surface area contributed by atoms with E-state index in [9.17, 15) is 5.11 Å². The zero-order chi connectivity index (χ0) is 13.5. The van der Waals surface area contributed by atoms with Crippen molar-refractivity contribution >= 4 is 0 Å². The Bertz CT molecular complexity index is 381. The molecule has 1 rings (SSSR count). The van der Waals surface area contributed by atoms with Crippen LogP contribution in [0.1, 0.15) is 18.6 Å². The zero-order valence-corrected chi connectivity index (χ0v) is 11.3. The Labute approximate surface area is 108 Å². The second-order valence-electron chi connectivity index (χ2n) is 3.75.